The molecular weight excluding hydrogens is 224 g/mol. The third kappa shape index (κ3) is 4.91. The molecule has 0 unspecified atom stereocenters. The lowest BCUT2D eigenvalue weighted by Gasteiger charge is -2.11. The Morgan fingerprint density at radius 2 is 2.06 bits per heavy atom. The highest BCUT2D eigenvalue weighted by Gasteiger charge is 2.06. The predicted octanol–water partition coefficient (Wildman–Crippen LogP) is 3.94. The number of benzene rings is 1. The van der Waals surface area contributed by atoms with E-state index in [1.807, 2.05) is 32.0 Å². The van der Waals surface area contributed by atoms with Crippen molar-refractivity contribution in [1.29, 1.82) is 0 Å². The number of carbonyl (C=O) groups excluding carboxylic acids is 1. The van der Waals surface area contributed by atoms with Crippen LogP contribution in [0.5, 0.6) is 5.75 Å². The molecule has 1 aromatic rings. The maximum Gasteiger partial charge on any atom is 0.137 e. The van der Waals surface area contributed by atoms with Gasteiger partial charge >= 0.3 is 0 Å². The Bertz CT molecular complexity index is 394. The van der Waals surface area contributed by atoms with Crippen LogP contribution in [0.4, 0.5) is 0 Å². The van der Waals surface area contributed by atoms with Crippen LogP contribution >= 0.6 is 0 Å². The van der Waals surface area contributed by atoms with Crippen LogP contribution in [-0.2, 0) is 11.2 Å². The van der Waals surface area contributed by atoms with Gasteiger partial charge in [-0.1, -0.05) is 26.8 Å². The van der Waals surface area contributed by atoms with Crippen LogP contribution in [0.2, 0.25) is 0 Å². The molecular formula is C16H24O2. The largest absolute Gasteiger partial charge is 0.494 e. The summed E-state index contributed by atoms with van der Waals surface area (Å²) in [5.74, 6) is 1.80. The highest BCUT2D eigenvalue weighted by molar-refractivity contribution is 5.81. The van der Waals surface area contributed by atoms with Crippen LogP contribution in [0.15, 0.2) is 18.2 Å². The molecule has 2 heteroatoms. The minimum Gasteiger partial charge on any atom is -0.494 e. The first kappa shape index (κ1) is 14.7. The van der Waals surface area contributed by atoms with E-state index in [1.54, 1.807) is 0 Å². The number of hydrogen-bond donors (Lipinski definition) is 0. The molecule has 0 bridgehead atoms. The molecule has 0 radical (unpaired) electrons. The molecule has 18 heavy (non-hydrogen) atoms. The number of carbonyl (C=O) groups is 1. The number of hydrogen-bond acceptors (Lipinski definition) is 2. The van der Waals surface area contributed by atoms with E-state index < -0.39 is 0 Å². The molecule has 0 N–H and O–H groups in total. The van der Waals surface area contributed by atoms with Crippen LogP contribution in [0, 0.1) is 12.8 Å². The Balaban J connectivity index is 2.65. The zero-order valence-electron chi connectivity index (χ0n) is 12.0. The molecule has 0 aliphatic carbocycles. The second kappa shape index (κ2) is 7.20. The predicted molar refractivity (Wildman–Crippen MR) is 75.1 cm³/mol. The Morgan fingerprint density at radius 3 is 2.67 bits per heavy atom. The van der Waals surface area contributed by atoms with E-state index in [2.05, 4.69) is 13.8 Å². The first-order valence-electron chi connectivity index (χ1n) is 6.77. The average molecular weight is 248 g/mol. The number of Topliss-reactive ketones (excluding diaryl/α,β-unsaturated/α-hetero) is 1. The van der Waals surface area contributed by atoms with Crippen LogP contribution in [0.25, 0.3) is 0 Å². The first-order valence-corrected chi connectivity index (χ1v) is 6.77. The van der Waals surface area contributed by atoms with Gasteiger partial charge in [0, 0.05) is 12.8 Å². The Labute approximate surface area is 110 Å². The summed E-state index contributed by atoms with van der Waals surface area (Å²) >= 11 is 0. The number of rotatable bonds is 7. The Kier molecular flexibility index (Phi) is 5.90. The van der Waals surface area contributed by atoms with Crippen LogP contribution < -0.4 is 4.74 Å². The third-order valence-electron chi connectivity index (χ3n) is 3.07. The van der Waals surface area contributed by atoms with Gasteiger partial charge in [-0.3, -0.25) is 4.79 Å². The lowest BCUT2D eigenvalue weighted by Crippen LogP contribution is -2.04. The second-order valence-electron chi connectivity index (χ2n) is 5.19. The zero-order chi connectivity index (χ0) is 13.5. The van der Waals surface area contributed by atoms with Crippen molar-refractivity contribution in [3.8, 4) is 5.75 Å². The standard InChI is InChI=1S/C16H24O2/c1-5-15(17)10-14-11-16(7-6-13(14)4)18-9-8-12(2)3/h6-7,11-12H,5,8-10H2,1-4H3. The molecule has 0 aliphatic rings. The highest BCUT2D eigenvalue weighted by atomic mass is 16.5. The summed E-state index contributed by atoms with van der Waals surface area (Å²) < 4.78 is 5.72. The summed E-state index contributed by atoms with van der Waals surface area (Å²) in [6.07, 6.45) is 2.17. The molecule has 2 nitrogen and oxygen atoms in total. The molecule has 0 amide bonds. The van der Waals surface area contributed by atoms with Crippen molar-refractivity contribution in [1.82, 2.24) is 0 Å². The smallest absolute Gasteiger partial charge is 0.137 e. The fourth-order valence-electron chi connectivity index (χ4n) is 1.68. The minimum atomic E-state index is 0.275. The van der Waals surface area contributed by atoms with Gasteiger partial charge in [-0.2, -0.15) is 0 Å². The number of ketones is 1. The monoisotopic (exact) mass is 248 g/mol. The quantitative estimate of drug-likeness (QED) is 0.730. The van der Waals surface area contributed by atoms with Gasteiger partial charge in [-0.15, -0.1) is 0 Å². The maximum absolute atomic E-state index is 11.5. The summed E-state index contributed by atoms with van der Waals surface area (Å²) in [5, 5.41) is 0. The van der Waals surface area contributed by atoms with Crippen molar-refractivity contribution in [2.45, 2.75) is 47.0 Å². The third-order valence-corrected chi connectivity index (χ3v) is 3.07. The van der Waals surface area contributed by atoms with Gasteiger partial charge < -0.3 is 4.74 Å². The second-order valence-corrected chi connectivity index (χ2v) is 5.19. The topological polar surface area (TPSA) is 26.3 Å². The van der Waals surface area contributed by atoms with E-state index in [9.17, 15) is 4.79 Å². The van der Waals surface area contributed by atoms with E-state index in [1.165, 1.54) is 0 Å². The van der Waals surface area contributed by atoms with Crippen molar-refractivity contribution in [2.75, 3.05) is 6.61 Å². The fraction of sp³-hybridized carbons (Fsp3) is 0.562. The molecule has 1 aromatic carbocycles. The molecule has 100 valence electrons. The van der Waals surface area contributed by atoms with Gasteiger partial charge in [0.05, 0.1) is 6.61 Å². The Hall–Kier alpha value is -1.31. The fourth-order valence-corrected chi connectivity index (χ4v) is 1.68. The van der Waals surface area contributed by atoms with E-state index in [4.69, 9.17) is 4.74 Å². The molecule has 0 aliphatic heterocycles. The van der Waals surface area contributed by atoms with Gasteiger partial charge in [0.25, 0.3) is 0 Å². The van der Waals surface area contributed by atoms with Gasteiger partial charge in [0.1, 0.15) is 11.5 Å². The summed E-state index contributed by atoms with van der Waals surface area (Å²) in [5.41, 5.74) is 2.25. The number of aryl methyl sites for hydroxylation is 1. The van der Waals surface area contributed by atoms with Gasteiger partial charge in [0.15, 0.2) is 0 Å². The molecule has 0 saturated heterocycles. The van der Waals surface area contributed by atoms with E-state index in [0.717, 1.165) is 29.9 Å². The summed E-state index contributed by atoms with van der Waals surface area (Å²) in [6, 6.07) is 6.02. The van der Waals surface area contributed by atoms with Gasteiger partial charge in [0.2, 0.25) is 0 Å². The van der Waals surface area contributed by atoms with Crippen molar-refractivity contribution in [3.05, 3.63) is 29.3 Å². The molecule has 0 fully saturated rings. The minimum absolute atomic E-state index is 0.275. The van der Waals surface area contributed by atoms with Crippen LogP contribution in [0.1, 0.15) is 44.7 Å². The Morgan fingerprint density at radius 1 is 1.33 bits per heavy atom. The molecule has 0 atom stereocenters. The summed E-state index contributed by atoms with van der Waals surface area (Å²) in [7, 11) is 0. The summed E-state index contributed by atoms with van der Waals surface area (Å²) in [4.78, 5) is 11.5. The molecule has 1 rings (SSSR count). The van der Waals surface area contributed by atoms with Crippen LogP contribution in [0.3, 0.4) is 0 Å². The maximum atomic E-state index is 11.5. The van der Waals surface area contributed by atoms with Gasteiger partial charge in [-0.25, -0.2) is 0 Å². The molecule has 0 heterocycles. The van der Waals surface area contributed by atoms with E-state index in [-0.39, 0.29) is 5.78 Å². The summed E-state index contributed by atoms with van der Waals surface area (Å²) in [6.45, 7) is 9.05. The van der Waals surface area contributed by atoms with Crippen LogP contribution in [-0.4, -0.2) is 12.4 Å². The SMILES string of the molecule is CCC(=O)Cc1cc(OCCC(C)C)ccc1C. The van der Waals surface area contributed by atoms with Gasteiger partial charge in [-0.05, 0) is 42.5 Å². The van der Waals surface area contributed by atoms with Crippen molar-refractivity contribution >= 4 is 5.78 Å². The molecule has 0 saturated carbocycles. The lowest BCUT2D eigenvalue weighted by molar-refractivity contribution is -0.118. The van der Waals surface area contributed by atoms with Crippen molar-refractivity contribution in [3.63, 3.8) is 0 Å². The first-order chi connectivity index (χ1) is 8.52. The lowest BCUT2D eigenvalue weighted by atomic mass is 10.0. The molecule has 0 aromatic heterocycles. The average Bonchev–Trinajstić information content (AvgIpc) is 2.32. The van der Waals surface area contributed by atoms with E-state index >= 15 is 0 Å². The highest BCUT2D eigenvalue weighted by Crippen LogP contribution is 2.19. The number of ether oxygens (including phenoxy) is 1. The zero-order valence-corrected chi connectivity index (χ0v) is 12.0. The van der Waals surface area contributed by atoms with Crippen molar-refractivity contribution < 1.29 is 9.53 Å². The van der Waals surface area contributed by atoms with E-state index in [0.29, 0.717) is 18.8 Å². The normalized spacial score (nSPS) is 10.7. The van der Waals surface area contributed by atoms with Crippen molar-refractivity contribution in [2.24, 2.45) is 5.92 Å². The molecule has 0 spiro atoms.